The van der Waals surface area contributed by atoms with E-state index in [-0.39, 0.29) is 24.5 Å². The van der Waals surface area contributed by atoms with Crippen LogP contribution in [0.15, 0.2) is 36.4 Å². The quantitative estimate of drug-likeness (QED) is 0.816. The second-order valence-electron chi connectivity index (χ2n) is 5.98. The lowest BCUT2D eigenvalue weighted by Gasteiger charge is -2.23. The van der Waals surface area contributed by atoms with Crippen LogP contribution in [-0.4, -0.2) is 11.7 Å². The Morgan fingerprint density at radius 1 is 1.00 bits per heavy atom. The molecule has 0 spiro atoms. The summed E-state index contributed by atoms with van der Waals surface area (Å²) in [6.45, 7) is 4.56. The van der Waals surface area contributed by atoms with Gasteiger partial charge >= 0.3 is 0 Å². The number of anilines is 1. The molecule has 0 N–H and O–H groups in total. The molecule has 1 amide bonds. The number of carbonyl (C=O) groups excluding carboxylic acids is 2. The van der Waals surface area contributed by atoms with Crippen molar-refractivity contribution in [2.45, 2.75) is 33.2 Å². The third kappa shape index (κ3) is 3.15. The van der Waals surface area contributed by atoms with Crippen LogP contribution >= 0.6 is 11.6 Å². The maximum Gasteiger partial charge on any atom is 0.227 e. The van der Waals surface area contributed by atoms with Crippen LogP contribution in [0.4, 0.5) is 5.69 Å². The van der Waals surface area contributed by atoms with Crippen molar-refractivity contribution in [2.24, 2.45) is 0 Å². The van der Waals surface area contributed by atoms with Gasteiger partial charge in [0.05, 0.1) is 12.2 Å². The molecular weight excluding hydrogens is 310 g/mol. The zero-order chi connectivity index (χ0) is 16.6. The van der Waals surface area contributed by atoms with Gasteiger partial charge in [0.25, 0.3) is 0 Å². The molecule has 0 saturated carbocycles. The van der Waals surface area contributed by atoms with Crippen LogP contribution in [0, 0.1) is 13.8 Å². The van der Waals surface area contributed by atoms with Gasteiger partial charge in [0.2, 0.25) is 5.91 Å². The molecule has 1 aliphatic heterocycles. The predicted molar refractivity (Wildman–Crippen MR) is 92.1 cm³/mol. The first-order valence-corrected chi connectivity index (χ1v) is 8.03. The third-order valence-corrected chi connectivity index (χ3v) is 4.57. The Hall–Kier alpha value is -2.13. The van der Waals surface area contributed by atoms with Gasteiger partial charge in [-0.3, -0.25) is 9.59 Å². The smallest absolute Gasteiger partial charge is 0.227 e. The average molecular weight is 328 g/mol. The summed E-state index contributed by atoms with van der Waals surface area (Å²) in [5.74, 6) is -0.0507. The SMILES string of the molecule is Cc1ccc(CN2C(=O)CCC(=O)c3ccc(Cl)cc32)cc1C. The van der Waals surface area contributed by atoms with Crippen molar-refractivity contribution in [3.63, 3.8) is 0 Å². The number of rotatable bonds is 2. The molecule has 4 heteroatoms. The van der Waals surface area contributed by atoms with Gasteiger partial charge in [-0.25, -0.2) is 0 Å². The van der Waals surface area contributed by atoms with Crippen molar-refractivity contribution in [3.05, 3.63) is 63.7 Å². The first kappa shape index (κ1) is 15.8. The van der Waals surface area contributed by atoms with Crippen LogP contribution in [-0.2, 0) is 11.3 Å². The lowest BCUT2D eigenvalue weighted by Crippen LogP contribution is -2.29. The predicted octanol–water partition coefficient (Wildman–Crippen LogP) is 4.47. The van der Waals surface area contributed by atoms with Gasteiger partial charge in [-0.2, -0.15) is 0 Å². The van der Waals surface area contributed by atoms with Gasteiger partial charge in [-0.05, 0) is 48.7 Å². The largest absolute Gasteiger partial charge is 0.307 e. The summed E-state index contributed by atoms with van der Waals surface area (Å²) in [6.07, 6.45) is 0.479. The normalized spacial score (nSPS) is 14.7. The molecule has 3 rings (SSSR count). The summed E-state index contributed by atoms with van der Waals surface area (Å²) in [6, 6.07) is 11.3. The lowest BCUT2D eigenvalue weighted by atomic mass is 10.0. The number of benzene rings is 2. The van der Waals surface area contributed by atoms with Crippen molar-refractivity contribution >= 4 is 29.0 Å². The molecular formula is C19H18ClNO2. The van der Waals surface area contributed by atoms with Gasteiger partial charge in [-0.1, -0.05) is 29.8 Å². The Balaban J connectivity index is 2.04. The van der Waals surface area contributed by atoms with Crippen LogP contribution < -0.4 is 4.90 Å². The van der Waals surface area contributed by atoms with Crippen LogP contribution in [0.2, 0.25) is 5.02 Å². The highest BCUT2D eigenvalue weighted by Gasteiger charge is 2.27. The molecule has 23 heavy (non-hydrogen) atoms. The number of nitrogens with zero attached hydrogens (tertiary/aromatic N) is 1. The molecule has 3 nitrogen and oxygen atoms in total. The zero-order valence-corrected chi connectivity index (χ0v) is 14.0. The summed E-state index contributed by atoms with van der Waals surface area (Å²) < 4.78 is 0. The van der Waals surface area contributed by atoms with E-state index in [4.69, 9.17) is 11.6 Å². The van der Waals surface area contributed by atoms with Crippen LogP contribution in [0.1, 0.15) is 39.9 Å². The molecule has 0 aromatic heterocycles. The number of halogens is 1. The molecule has 0 radical (unpaired) electrons. The molecule has 0 fully saturated rings. The molecule has 1 heterocycles. The number of amides is 1. The zero-order valence-electron chi connectivity index (χ0n) is 13.2. The summed E-state index contributed by atoms with van der Waals surface area (Å²) in [5, 5.41) is 0.524. The molecule has 0 bridgehead atoms. The Bertz CT molecular complexity index is 798. The Morgan fingerprint density at radius 2 is 1.78 bits per heavy atom. The first-order valence-electron chi connectivity index (χ1n) is 7.65. The number of aryl methyl sites for hydroxylation is 2. The van der Waals surface area contributed by atoms with Crippen LogP contribution in [0.25, 0.3) is 0 Å². The molecule has 118 valence electrons. The van der Waals surface area contributed by atoms with Crippen molar-refractivity contribution < 1.29 is 9.59 Å². The molecule has 2 aromatic rings. The molecule has 1 aliphatic rings. The maximum absolute atomic E-state index is 12.5. The van der Waals surface area contributed by atoms with Gasteiger partial charge in [-0.15, -0.1) is 0 Å². The van der Waals surface area contributed by atoms with E-state index >= 15 is 0 Å². The highest BCUT2D eigenvalue weighted by atomic mass is 35.5. The van der Waals surface area contributed by atoms with E-state index in [0.29, 0.717) is 22.8 Å². The highest BCUT2D eigenvalue weighted by Crippen LogP contribution is 2.31. The van der Waals surface area contributed by atoms with Gasteiger partial charge in [0.15, 0.2) is 5.78 Å². The second-order valence-corrected chi connectivity index (χ2v) is 6.42. The lowest BCUT2D eigenvalue weighted by molar-refractivity contribution is -0.118. The van der Waals surface area contributed by atoms with Crippen molar-refractivity contribution in [1.29, 1.82) is 0 Å². The summed E-state index contributed by atoms with van der Waals surface area (Å²) >= 11 is 6.09. The molecule has 0 saturated heterocycles. The van der Waals surface area contributed by atoms with Crippen molar-refractivity contribution in [1.82, 2.24) is 0 Å². The fourth-order valence-electron chi connectivity index (χ4n) is 2.85. The fraction of sp³-hybridized carbons (Fsp3) is 0.263. The number of Topliss-reactive ketones (excluding diaryl/α,β-unsaturated/α-hetero) is 1. The minimum atomic E-state index is -0.0439. The van der Waals surface area contributed by atoms with E-state index < -0.39 is 0 Å². The minimum absolute atomic E-state index is 0.00685. The molecule has 0 unspecified atom stereocenters. The van der Waals surface area contributed by atoms with Crippen LogP contribution in [0.3, 0.4) is 0 Å². The standard InChI is InChI=1S/C19H18ClNO2/c1-12-3-4-14(9-13(12)2)11-21-17-10-15(20)5-6-16(17)18(22)7-8-19(21)23/h3-6,9-10H,7-8,11H2,1-2H3. The van der Waals surface area contributed by atoms with E-state index in [1.54, 1.807) is 23.1 Å². The average Bonchev–Trinajstić information content (AvgIpc) is 2.63. The first-order chi connectivity index (χ1) is 11.0. The van der Waals surface area contributed by atoms with E-state index in [2.05, 4.69) is 26.0 Å². The summed E-state index contributed by atoms with van der Waals surface area (Å²) in [7, 11) is 0. The van der Waals surface area contributed by atoms with E-state index in [1.165, 1.54) is 11.1 Å². The third-order valence-electron chi connectivity index (χ3n) is 4.33. The Labute approximate surface area is 140 Å². The van der Waals surface area contributed by atoms with E-state index in [9.17, 15) is 9.59 Å². The maximum atomic E-state index is 12.5. The van der Waals surface area contributed by atoms with Gasteiger partial charge < -0.3 is 4.90 Å². The van der Waals surface area contributed by atoms with Crippen molar-refractivity contribution in [3.8, 4) is 0 Å². The second kappa shape index (κ2) is 6.17. The molecule has 0 atom stereocenters. The van der Waals surface area contributed by atoms with E-state index in [1.807, 2.05) is 6.07 Å². The van der Waals surface area contributed by atoms with Gasteiger partial charge in [0, 0.05) is 23.4 Å². The number of fused-ring (bicyclic) bond motifs is 1. The number of hydrogen-bond acceptors (Lipinski definition) is 2. The number of ketones is 1. The fourth-order valence-corrected chi connectivity index (χ4v) is 3.01. The number of hydrogen-bond donors (Lipinski definition) is 0. The van der Waals surface area contributed by atoms with Gasteiger partial charge in [0.1, 0.15) is 0 Å². The Kier molecular flexibility index (Phi) is 4.22. The molecule has 2 aromatic carbocycles. The topological polar surface area (TPSA) is 37.4 Å². The van der Waals surface area contributed by atoms with Crippen molar-refractivity contribution in [2.75, 3.05) is 4.90 Å². The summed E-state index contributed by atoms with van der Waals surface area (Å²) in [5.41, 5.74) is 4.63. The monoisotopic (exact) mass is 327 g/mol. The highest BCUT2D eigenvalue weighted by molar-refractivity contribution is 6.31. The number of carbonyl (C=O) groups is 2. The summed E-state index contributed by atoms with van der Waals surface area (Å²) in [4.78, 5) is 26.4. The van der Waals surface area contributed by atoms with Crippen LogP contribution in [0.5, 0.6) is 0 Å². The van der Waals surface area contributed by atoms with E-state index in [0.717, 1.165) is 5.56 Å². The molecule has 0 aliphatic carbocycles. The Morgan fingerprint density at radius 3 is 2.52 bits per heavy atom. The minimum Gasteiger partial charge on any atom is -0.307 e.